The number of fused-ring (bicyclic) bond motifs is 1. The number of rotatable bonds is 9. The lowest BCUT2D eigenvalue weighted by Crippen LogP contribution is -2.05. The molecule has 0 spiro atoms. The highest BCUT2D eigenvalue weighted by Crippen LogP contribution is 2.34. The minimum atomic E-state index is -0.306. The molecule has 0 bridgehead atoms. The van der Waals surface area contributed by atoms with Gasteiger partial charge in [-0.2, -0.15) is 0 Å². The van der Waals surface area contributed by atoms with Gasteiger partial charge in [-0.25, -0.2) is 0 Å². The van der Waals surface area contributed by atoms with Gasteiger partial charge in [0.05, 0.1) is 11.1 Å². The maximum Gasteiger partial charge on any atom is 0.230 e. The van der Waals surface area contributed by atoms with Crippen molar-refractivity contribution in [3.8, 4) is 5.88 Å². The van der Waals surface area contributed by atoms with E-state index in [4.69, 9.17) is 0 Å². The molecule has 0 atom stereocenters. The summed E-state index contributed by atoms with van der Waals surface area (Å²) in [6.45, 7) is 3.58. The van der Waals surface area contributed by atoms with E-state index in [2.05, 4.69) is 22.9 Å². The minimum Gasteiger partial charge on any atom is -0.494 e. The maximum atomic E-state index is 12.7. The summed E-state index contributed by atoms with van der Waals surface area (Å²) in [5.41, 5.74) is 0.827. The summed E-state index contributed by atoms with van der Waals surface area (Å²) in [5, 5.41) is 11.1. The molecule has 25 heavy (non-hydrogen) atoms. The van der Waals surface area contributed by atoms with Crippen molar-refractivity contribution in [3.05, 3.63) is 28.2 Å². The molecule has 0 aliphatic rings. The van der Waals surface area contributed by atoms with Gasteiger partial charge in [-0.05, 0) is 24.6 Å². The van der Waals surface area contributed by atoms with Gasteiger partial charge in [-0.15, -0.1) is 0 Å². The first-order chi connectivity index (χ1) is 12.0. The van der Waals surface area contributed by atoms with Crippen LogP contribution in [0.4, 0.5) is 0 Å². The molecule has 136 valence electrons. The van der Waals surface area contributed by atoms with Crippen LogP contribution < -0.4 is 0 Å². The third-order valence-electron chi connectivity index (χ3n) is 4.51. The molecular weight excluding hydrogens is 382 g/mol. The van der Waals surface area contributed by atoms with Gasteiger partial charge in [0, 0.05) is 23.2 Å². The predicted molar refractivity (Wildman–Crippen MR) is 105 cm³/mol. The predicted octanol–water partition coefficient (Wildman–Crippen LogP) is 6.09. The fraction of sp³-hybridized carbons (Fsp3) is 0.500. The van der Waals surface area contributed by atoms with E-state index in [1.54, 1.807) is 18.2 Å². The van der Waals surface area contributed by atoms with Crippen LogP contribution in [0.2, 0.25) is 0 Å². The summed E-state index contributed by atoms with van der Waals surface area (Å²) >= 11 is 3.39. The first-order valence-electron chi connectivity index (χ1n) is 9.04. The van der Waals surface area contributed by atoms with E-state index in [0.717, 1.165) is 23.7 Å². The summed E-state index contributed by atoms with van der Waals surface area (Å²) in [4.78, 5) is 24.5. The molecule has 0 saturated carbocycles. The van der Waals surface area contributed by atoms with Crippen LogP contribution in [0.3, 0.4) is 0 Å². The third-order valence-corrected chi connectivity index (χ3v) is 5.00. The molecule has 0 unspecified atom stereocenters. The fourth-order valence-corrected chi connectivity index (χ4v) is 3.57. The average Bonchev–Trinajstić information content (AvgIpc) is 2.85. The normalized spacial score (nSPS) is 11.2. The van der Waals surface area contributed by atoms with Crippen LogP contribution in [0.5, 0.6) is 5.88 Å². The lowest BCUT2D eigenvalue weighted by Gasteiger charge is -2.03. The number of hydrogen-bond donors (Lipinski definition) is 1. The summed E-state index contributed by atoms with van der Waals surface area (Å²) in [5.74, 6) is -0.650. The molecule has 0 fully saturated rings. The molecule has 1 heterocycles. The summed E-state index contributed by atoms with van der Waals surface area (Å²) < 4.78 is 2.02. The fourth-order valence-electron chi connectivity index (χ4n) is 3.21. The molecule has 1 aromatic heterocycles. The van der Waals surface area contributed by atoms with Crippen molar-refractivity contribution in [3.63, 3.8) is 0 Å². The highest BCUT2D eigenvalue weighted by Gasteiger charge is 2.23. The van der Waals surface area contributed by atoms with Gasteiger partial charge in [-0.3, -0.25) is 14.2 Å². The third kappa shape index (κ3) is 4.72. The lowest BCUT2D eigenvalue weighted by atomic mass is 10.0. The van der Waals surface area contributed by atoms with Gasteiger partial charge in [0.1, 0.15) is 0 Å². The van der Waals surface area contributed by atoms with E-state index in [1.807, 2.05) is 0 Å². The highest BCUT2D eigenvalue weighted by atomic mass is 79.9. The van der Waals surface area contributed by atoms with Gasteiger partial charge < -0.3 is 5.11 Å². The monoisotopic (exact) mass is 407 g/mol. The van der Waals surface area contributed by atoms with Gasteiger partial charge in [-0.1, -0.05) is 61.4 Å². The number of aromatic nitrogens is 1. The Bertz CT molecular complexity index is 764. The Morgan fingerprint density at radius 2 is 1.72 bits per heavy atom. The number of benzene rings is 1. The highest BCUT2D eigenvalue weighted by molar-refractivity contribution is 9.10. The first kappa shape index (κ1) is 19.7. The van der Waals surface area contributed by atoms with Crippen LogP contribution in [0, 0.1) is 0 Å². The van der Waals surface area contributed by atoms with Crippen LogP contribution in [-0.4, -0.2) is 21.4 Å². The van der Waals surface area contributed by atoms with Crippen LogP contribution in [0.1, 0.15) is 80.4 Å². The number of hydrogen-bond acceptors (Lipinski definition) is 3. The van der Waals surface area contributed by atoms with Crippen LogP contribution in [0.15, 0.2) is 22.7 Å². The van der Waals surface area contributed by atoms with Crippen molar-refractivity contribution in [2.75, 3.05) is 0 Å². The van der Waals surface area contributed by atoms with Crippen molar-refractivity contribution in [1.82, 2.24) is 4.57 Å². The number of Topliss-reactive ketones (excluding diaryl/α,β-unsaturated/α-hetero) is 1. The van der Waals surface area contributed by atoms with E-state index in [-0.39, 0.29) is 23.1 Å². The number of nitrogens with zero attached hydrogens (tertiary/aromatic N) is 1. The van der Waals surface area contributed by atoms with Crippen LogP contribution >= 0.6 is 15.9 Å². The van der Waals surface area contributed by atoms with E-state index in [9.17, 15) is 14.7 Å². The molecule has 0 saturated heterocycles. The zero-order valence-corrected chi connectivity index (χ0v) is 16.6. The Morgan fingerprint density at radius 3 is 2.36 bits per heavy atom. The van der Waals surface area contributed by atoms with Crippen molar-refractivity contribution < 1.29 is 14.7 Å². The number of aromatic hydroxyl groups is 1. The van der Waals surface area contributed by atoms with Crippen molar-refractivity contribution in [1.29, 1.82) is 0 Å². The standard InChI is InChI=1S/C20H26BrNO3/c1-3-4-5-6-7-8-9-10-18(24)19-16-13-15(21)11-12-17(16)22(14(2)23)20(19)25/h11-13,25H,3-10H2,1-2H3. The summed E-state index contributed by atoms with van der Waals surface area (Å²) in [6.07, 6.45) is 8.33. The Hall–Kier alpha value is -1.62. The number of ketones is 1. The number of carbonyl (C=O) groups is 2. The smallest absolute Gasteiger partial charge is 0.230 e. The molecule has 0 amide bonds. The second kappa shape index (κ2) is 9.18. The second-order valence-electron chi connectivity index (χ2n) is 6.51. The number of unbranched alkanes of at least 4 members (excludes halogenated alkanes) is 6. The topological polar surface area (TPSA) is 59.3 Å². The second-order valence-corrected chi connectivity index (χ2v) is 7.42. The van der Waals surface area contributed by atoms with E-state index >= 15 is 0 Å². The first-order valence-corrected chi connectivity index (χ1v) is 9.83. The molecule has 0 radical (unpaired) electrons. The van der Waals surface area contributed by atoms with Gasteiger partial charge >= 0.3 is 0 Å². The van der Waals surface area contributed by atoms with Crippen LogP contribution in [0.25, 0.3) is 10.9 Å². The molecule has 2 aromatic rings. The zero-order valence-electron chi connectivity index (χ0n) is 15.0. The Morgan fingerprint density at radius 1 is 1.08 bits per heavy atom. The lowest BCUT2D eigenvalue weighted by molar-refractivity contribution is 0.0932. The van der Waals surface area contributed by atoms with E-state index in [0.29, 0.717) is 17.3 Å². The van der Waals surface area contributed by atoms with Gasteiger partial charge in [0.25, 0.3) is 0 Å². The van der Waals surface area contributed by atoms with Crippen molar-refractivity contribution in [2.24, 2.45) is 0 Å². The molecule has 1 aromatic carbocycles. The number of halogens is 1. The minimum absolute atomic E-state index is 0.103. The van der Waals surface area contributed by atoms with Gasteiger partial charge in [0.2, 0.25) is 11.8 Å². The Kier molecular flexibility index (Phi) is 7.24. The molecule has 5 heteroatoms. The summed E-state index contributed by atoms with van der Waals surface area (Å²) in [6, 6.07) is 5.32. The molecule has 2 rings (SSSR count). The summed E-state index contributed by atoms with van der Waals surface area (Å²) in [7, 11) is 0. The molecule has 0 aliphatic carbocycles. The van der Waals surface area contributed by atoms with E-state index < -0.39 is 0 Å². The average molecular weight is 408 g/mol. The largest absolute Gasteiger partial charge is 0.494 e. The van der Waals surface area contributed by atoms with E-state index in [1.165, 1.54) is 37.2 Å². The maximum absolute atomic E-state index is 12.7. The SMILES string of the molecule is CCCCCCCCCC(=O)c1c(O)n(C(C)=O)c2ccc(Br)cc12. The Balaban J connectivity index is 2.11. The van der Waals surface area contributed by atoms with Crippen molar-refractivity contribution in [2.45, 2.75) is 65.2 Å². The molecule has 0 aliphatic heterocycles. The van der Waals surface area contributed by atoms with Gasteiger partial charge in [0.15, 0.2) is 5.78 Å². The number of carbonyl (C=O) groups excluding carboxylic acids is 2. The Labute approximate surface area is 157 Å². The quantitative estimate of drug-likeness (QED) is 0.403. The molecular formula is C20H26BrNO3. The van der Waals surface area contributed by atoms with Crippen LogP contribution in [-0.2, 0) is 0 Å². The molecule has 1 N–H and O–H groups in total. The zero-order chi connectivity index (χ0) is 18.4. The van der Waals surface area contributed by atoms with Crippen molar-refractivity contribution >= 4 is 38.5 Å². The molecule has 4 nitrogen and oxygen atoms in total.